The monoisotopic (exact) mass is 459 g/mol. The maximum Gasteiger partial charge on any atom is 0.508 e. The minimum Gasteiger partial charge on any atom is -0.455 e. The first kappa shape index (κ1) is 25.5. The van der Waals surface area contributed by atoms with Crippen LogP contribution in [0, 0.1) is 12.8 Å². The molecular weight excluding hydrogens is 429 g/mol. The average Bonchev–Trinajstić information content (AvgIpc) is 3.04. The largest absolute Gasteiger partial charge is 0.508 e. The van der Waals surface area contributed by atoms with E-state index < -0.39 is 60.6 Å². The third-order valence-electron chi connectivity index (χ3n) is 5.01. The van der Waals surface area contributed by atoms with E-state index in [-0.39, 0.29) is 18.1 Å². The molecule has 1 fully saturated rings. The highest BCUT2D eigenvalue weighted by molar-refractivity contribution is 5.76. The van der Waals surface area contributed by atoms with Gasteiger partial charge in [0.25, 0.3) is 5.56 Å². The summed E-state index contributed by atoms with van der Waals surface area (Å²) in [6.07, 6.45) is -4.68. The summed E-state index contributed by atoms with van der Waals surface area (Å²) in [5.41, 5.74) is 4.41. The molecule has 0 radical (unpaired) electrons. The van der Waals surface area contributed by atoms with Crippen molar-refractivity contribution in [3.8, 4) is 0 Å². The standard InChI is InChI=1S/C20H30FN3O8/c1-5-6-7-29-20(28)30-9-12-15(32-18(26)14(22)10(2)3)13(21)17(31-12)24-8-11(4)16(25)23-19(24)27/h8,10,12-15,17H,5-7,9,22H2,1-4H3,(H,23,25,27)/t12-,13+,14-,15-,17-/m0/s1. The zero-order valence-corrected chi connectivity index (χ0v) is 18.5. The Kier molecular flexibility index (Phi) is 8.96. The average molecular weight is 459 g/mol. The number of alkyl halides is 1. The Hall–Kier alpha value is -2.73. The lowest BCUT2D eigenvalue weighted by Crippen LogP contribution is -2.44. The summed E-state index contributed by atoms with van der Waals surface area (Å²) >= 11 is 0. The number of hydrogen-bond donors (Lipinski definition) is 2. The number of esters is 1. The third-order valence-corrected chi connectivity index (χ3v) is 5.01. The molecule has 1 aromatic heterocycles. The molecule has 180 valence electrons. The maximum atomic E-state index is 15.3. The minimum atomic E-state index is -2.01. The second kappa shape index (κ2) is 11.2. The molecule has 0 aliphatic carbocycles. The van der Waals surface area contributed by atoms with Gasteiger partial charge in [-0.3, -0.25) is 19.1 Å². The number of nitrogens with one attached hydrogen (secondary N) is 1. The van der Waals surface area contributed by atoms with Crippen molar-refractivity contribution < 1.29 is 32.9 Å². The number of hydrogen-bond acceptors (Lipinski definition) is 9. The molecule has 11 nitrogen and oxygen atoms in total. The van der Waals surface area contributed by atoms with Crippen LogP contribution in [0.3, 0.4) is 0 Å². The molecule has 0 spiro atoms. The molecule has 1 aliphatic rings. The van der Waals surface area contributed by atoms with Crippen molar-refractivity contribution in [2.75, 3.05) is 13.2 Å². The quantitative estimate of drug-likeness (QED) is 0.406. The van der Waals surface area contributed by atoms with E-state index in [0.29, 0.717) is 6.42 Å². The van der Waals surface area contributed by atoms with Crippen LogP contribution in [0.15, 0.2) is 15.8 Å². The van der Waals surface area contributed by atoms with Crippen molar-refractivity contribution in [3.05, 3.63) is 32.6 Å². The summed E-state index contributed by atoms with van der Waals surface area (Å²) in [4.78, 5) is 50.0. The van der Waals surface area contributed by atoms with Crippen LogP contribution in [0.4, 0.5) is 9.18 Å². The zero-order valence-electron chi connectivity index (χ0n) is 18.5. The SMILES string of the molecule is CCCCOC(=O)OC[C@@H]1O[C@H](n2cc(C)c(=O)[nH]c2=O)[C@H](F)[C@H]1OC(=O)[C@@H](N)C(C)C. The fraction of sp³-hybridized carbons (Fsp3) is 0.700. The van der Waals surface area contributed by atoms with Crippen LogP contribution in [-0.4, -0.2) is 59.3 Å². The molecule has 0 amide bonds. The molecule has 2 heterocycles. The van der Waals surface area contributed by atoms with Crippen molar-refractivity contribution in [1.29, 1.82) is 0 Å². The Balaban J connectivity index is 2.22. The van der Waals surface area contributed by atoms with E-state index in [4.69, 9.17) is 24.7 Å². The van der Waals surface area contributed by atoms with Crippen molar-refractivity contribution in [2.45, 2.75) is 71.2 Å². The van der Waals surface area contributed by atoms with E-state index in [9.17, 15) is 19.2 Å². The fourth-order valence-corrected chi connectivity index (χ4v) is 2.94. The van der Waals surface area contributed by atoms with E-state index in [1.165, 1.54) is 6.92 Å². The van der Waals surface area contributed by atoms with E-state index >= 15 is 4.39 Å². The molecule has 32 heavy (non-hydrogen) atoms. The molecule has 12 heteroatoms. The number of unbranched alkanes of at least 4 members (excludes halogenated alkanes) is 1. The van der Waals surface area contributed by atoms with Gasteiger partial charge < -0.3 is 24.7 Å². The Morgan fingerprint density at radius 2 is 2.00 bits per heavy atom. The Morgan fingerprint density at radius 3 is 2.62 bits per heavy atom. The number of nitrogens with two attached hydrogens (primary N) is 1. The number of aryl methyl sites for hydroxylation is 1. The van der Waals surface area contributed by atoms with Gasteiger partial charge in [0.1, 0.15) is 18.8 Å². The lowest BCUT2D eigenvalue weighted by atomic mass is 10.1. The summed E-state index contributed by atoms with van der Waals surface area (Å²) in [6.45, 7) is 6.41. The predicted octanol–water partition coefficient (Wildman–Crippen LogP) is 0.929. The smallest absolute Gasteiger partial charge is 0.455 e. The van der Waals surface area contributed by atoms with Gasteiger partial charge in [0, 0.05) is 11.8 Å². The van der Waals surface area contributed by atoms with Gasteiger partial charge in [-0.15, -0.1) is 0 Å². The minimum absolute atomic E-state index is 0.148. The summed E-state index contributed by atoms with van der Waals surface area (Å²) in [6, 6.07) is -1.01. The van der Waals surface area contributed by atoms with E-state index in [1.807, 2.05) is 6.92 Å². The van der Waals surface area contributed by atoms with Crippen LogP contribution < -0.4 is 17.0 Å². The first-order valence-corrected chi connectivity index (χ1v) is 10.4. The highest BCUT2D eigenvalue weighted by Gasteiger charge is 2.50. The Bertz CT molecular complexity index is 915. The van der Waals surface area contributed by atoms with Gasteiger partial charge in [-0.05, 0) is 19.3 Å². The van der Waals surface area contributed by atoms with Gasteiger partial charge in [0.15, 0.2) is 18.5 Å². The van der Waals surface area contributed by atoms with Crippen molar-refractivity contribution in [1.82, 2.24) is 9.55 Å². The molecule has 1 aromatic rings. The number of aromatic nitrogens is 2. The second-order valence-electron chi connectivity index (χ2n) is 7.92. The number of nitrogens with zero attached hydrogens (tertiary/aromatic N) is 1. The number of H-pyrrole nitrogens is 1. The second-order valence-corrected chi connectivity index (χ2v) is 7.92. The van der Waals surface area contributed by atoms with Gasteiger partial charge >= 0.3 is 17.8 Å². The first-order chi connectivity index (χ1) is 15.1. The fourth-order valence-electron chi connectivity index (χ4n) is 2.94. The predicted molar refractivity (Wildman–Crippen MR) is 110 cm³/mol. The lowest BCUT2D eigenvalue weighted by Gasteiger charge is -2.22. The molecule has 0 bridgehead atoms. The summed E-state index contributed by atoms with van der Waals surface area (Å²) < 4.78 is 36.9. The zero-order chi connectivity index (χ0) is 24.0. The summed E-state index contributed by atoms with van der Waals surface area (Å²) in [5, 5.41) is 0. The third kappa shape index (κ3) is 6.16. The lowest BCUT2D eigenvalue weighted by molar-refractivity contribution is -0.157. The van der Waals surface area contributed by atoms with Gasteiger partial charge in [-0.25, -0.2) is 14.0 Å². The number of aromatic amines is 1. The molecule has 0 aromatic carbocycles. The van der Waals surface area contributed by atoms with Crippen LogP contribution in [0.5, 0.6) is 0 Å². The summed E-state index contributed by atoms with van der Waals surface area (Å²) in [5.74, 6) is -1.14. The van der Waals surface area contributed by atoms with E-state index in [1.54, 1.807) is 13.8 Å². The topological polar surface area (TPSA) is 152 Å². The molecule has 0 saturated carbocycles. The molecule has 3 N–H and O–H groups in total. The Morgan fingerprint density at radius 1 is 1.31 bits per heavy atom. The number of carbonyl (C=O) groups is 2. The molecule has 1 aliphatic heterocycles. The van der Waals surface area contributed by atoms with Crippen molar-refractivity contribution >= 4 is 12.1 Å². The van der Waals surface area contributed by atoms with Crippen LogP contribution in [0.2, 0.25) is 0 Å². The molecule has 0 unspecified atom stereocenters. The molecule has 1 saturated heterocycles. The van der Waals surface area contributed by atoms with E-state index in [2.05, 4.69) is 4.98 Å². The molecule has 5 atom stereocenters. The van der Waals surface area contributed by atoms with Gasteiger partial charge in [-0.1, -0.05) is 27.2 Å². The van der Waals surface area contributed by atoms with Gasteiger partial charge in [0.05, 0.1) is 6.61 Å². The number of halogens is 1. The number of carbonyl (C=O) groups excluding carboxylic acids is 2. The maximum absolute atomic E-state index is 15.3. The van der Waals surface area contributed by atoms with Crippen LogP contribution >= 0.6 is 0 Å². The van der Waals surface area contributed by atoms with Gasteiger partial charge in [-0.2, -0.15) is 0 Å². The normalized spacial score (nSPS) is 23.7. The number of rotatable bonds is 9. The molecular formula is C20H30FN3O8. The van der Waals surface area contributed by atoms with E-state index in [0.717, 1.165) is 17.2 Å². The Labute approximate surface area is 184 Å². The van der Waals surface area contributed by atoms with Gasteiger partial charge in [0.2, 0.25) is 0 Å². The van der Waals surface area contributed by atoms with Crippen LogP contribution in [0.1, 0.15) is 45.4 Å². The summed E-state index contributed by atoms with van der Waals surface area (Å²) in [7, 11) is 0. The molecule has 2 rings (SSSR count). The number of ether oxygens (including phenoxy) is 4. The highest BCUT2D eigenvalue weighted by atomic mass is 19.1. The highest BCUT2D eigenvalue weighted by Crippen LogP contribution is 2.33. The first-order valence-electron chi connectivity index (χ1n) is 10.4. The van der Waals surface area contributed by atoms with Crippen LogP contribution in [-0.2, 0) is 23.7 Å². The van der Waals surface area contributed by atoms with Crippen molar-refractivity contribution in [2.24, 2.45) is 11.7 Å². The van der Waals surface area contributed by atoms with Crippen molar-refractivity contribution in [3.63, 3.8) is 0 Å². The van der Waals surface area contributed by atoms with Crippen LogP contribution in [0.25, 0.3) is 0 Å².